The molecule has 1 N–H and O–H groups in total. The van der Waals surface area contributed by atoms with Crippen molar-refractivity contribution in [3.63, 3.8) is 0 Å². The van der Waals surface area contributed by atoms with Crippen molar-refractivity contribution in [3.8, 4) is 0 Å². The average Bonchev–Trinajstić information content (AvgIpc) is 2.91. The van der Waals surface area contributed by atoms with Gasteiger partial charge < -0.3 is 5.32 Å². The number of carbonyl (C=O) groups is 1. The fraction of sp³-hybridized carbons (Fsp3) is 0.455. The molecule has 1 aliphatic rings. The predicted octanol–water partition coefficient (Wildman–Crippen LogP) is 2.77. The van der Waals surface area contributed by atoms with Crippen molar-refractivity contribution in [1.29, 1.82) is 0 Å². The summed E-state index contributed by atoms with van der Waals surface area (Å²) in [5.41, 5.74) is 0.374. The Bertz CT molecular complexity index is 422. The average molecular weight is 259 g/mol. The van der Waals surface area contributed by atoms with Crippen LogP contribution in [0.2, 0.25) is 10.3 Å². The highest BCUT2D eigenvalue weighted by molar-refractivity contribution is 6.34. The molecule has 1 saturated carbocycles. The fourth-order valence-corrected chi connectivity index (χ4v) is 2.01. The Balaban J connectivity index is 1.97. The van der Waals surface area contributed by atoms with Crippen LogP contribution in [-0.4, -0.2) is 17.4 Å². The summed E-state index contributed by atoms with van der Waals surface area (Å²) in [5, 5.41) is 3.28. The maximum Gasteiger partial charge on any atom is 0.254 e. The molecule has 1 amide bonds. The van der Waals surface area contributed by atoms with E-state index >= 15 is 0 Å². The minimum Gasteiger partial charge on any atom is -0.352 e. The van der Waals surface area contributed by atoms with Crippen LogP contribution in [0.25, 0.3) is 0 Å². The molecule has 2 atom stereocenters. The Morgan fingerprint density at radius 1 is 1.56 bits per heavy atom. The van der Waals surface area contributed by atoms with Gasteiger partial charge >= 0.3 is 0 Å². The minimum absolute atomic E-state index is 0.147. The summed E-state index contributed by atoms with van der Waals surface area (Å²) in [4.78, 5) is 15.6. The highest BCUT2D eigenvalue weighted by Crippen LogP contribution is 2.36. The SMILES string of the molecule is CC1CC1CNC(=O)c1ccc(Cl)nc1Cl. The van der Waals surface area contributed by atoms with Crippen molar-refractivity contribution in [2.24, 2.45) is 11.8 Å². The second-order valence-corrected chi connectivity index (χ2v) is 4.90. The van der Waals surface area contributed by atoms with E-state index in [2.05, 4.69) is 17.2 Å². The summed E-state index contributed by atoms with van der Waals surface area (Å²) >= 11 is 11.5. The van der Waals surface area contributed by atoms with Crippen molar-refractivity contribution in [2.75, 3.05) is 6.54 Å². The van der Waals surface area contributed by atoms with Gasteiger partial charge in [0.1, 0.15) is 10.3 Å². The molecule has 1 heterocycles. The molecule has 0 spiro atoms. The lowest BCUT2D eigenvalue weighted by Crippen LogP contribution is -2.26. The Morgan fingerprint density at radius 2 is 2.25 bits per heavy atom. The Kier molecular flexibility index (Phi) is 3.36. The molecule has 2 unspecified atom stereocenters. The molecule has 1 aliphatic carbocycles. The lowest BCUT2D eigenvalue weighted by atomic mass is 10.2. The summed E-state index contributed by atoms with van der Waals surface area (Å²) in [5.74, 6) is 1.15. The zero-order valence-corrected chi connectivity index (χ0v) is 10.3. The van der Waals surface area contributed by atoms with E-state index < -0.39 is 0 Å². The third-order valence-corrected chi connectivity index (χ3v) is 3.36. The van der Waals surface area contributed by atoms with Crippen molar-refractivity contribution in [3.05, 3.63) is 28.0 Å². The number of hydrogen-bond acceptors (Lipinski definition) is 2. The van der Waals surface area contributed by atoms with Gasteiger partial charge in [-0.2, -0.15) is 0 Å². The number of hydrogen-bond donors (Lipinski definition) is 1. The molecule has 0 aromatic carbocycles. The number of aromatic nitrogens is 1. The van der Waals surface area contributed by atoms with E-state index in [0.29, 0.717) is 18.0 Å². The summed E-state index contributed by atoms with van der Waals surface area (Å²) in [6.45, 7) is 2.88. The smallest absolute Gasteiger partial charge is 0.254 e. The van der Waals surface area contributed by atoms with Gasteiger partial charge in [0.25, 0.3) is 5.91 Å². The maximum atomic E-state index is 11.7. The first-order chi connectivity index (χ1) is 7.58. The summed E-state index contributed by atoms with van der Waals surface area (Å²) in [6, 6.07) is 3.14. The van der Waals surface area contributed by atoms with Crippen molar-refractivity contribution in [1.82, 2.24) is 10.3 Å². The Hall–Kier alpha value is -0.800. The maximum absolute atomic E-state index is 11.7. The molecule has 0 radical (unpaired) electrons. The van der Waals surface area contributed by atoms with E-state index in [1.807, 2.05) is 0 Å². The molecule has 3 nitrogen and oxygen atoms in total. The molecule has 86 valence electrons. The van der Waals surface area contributed by atoms with Gasteiger partial charge in [0, 0.05) is 6.54 Å². The van der Waals surface area contributed by atoms with Crippen LogP contribution in [0.4, 0.5) is 0 Å². The first-order valence-electron chi connectivity index (χ1n) is 5.18. The molecule has 1 aromatic rings. The molecular weight excluding hydrogens is 247 g/mol. The number of rotatable bonds is 3. The van der Waals surface area contributed by atoms with E-state index in [1.54, 1.807) is 12.1 Å². The second kappa shape index (κ2) is 4.60. The number of pyridine rings is 1. The van der Waals surface area contributed by atoms with Gasteiger partial charge in [0.2, 0.25) is 0 Å². The predicted molar refractivity (Wildman–Crippen MR) is 63.9 cm³/mol. The van der Waals surface area contributed by atoms with Crippen LogP contribution in [-0.2, 0) is 0 Å². The van der Waals surface area contributed by atoms with Gasteiger partial charge in [-0.3, -0.25) is 4.79 Å². The van der Waals surface area contributed by atoms with Crippen LogP contribution < -0.4 is 5.32 Å². The van der Waals surface area contributed by atoms with E-state index in [4.69, 9.17) is 23.2 Å². The number of nitrogens with zero attached hydrogens (tertiary/aromatic N) is 1. The summed E-state index contributed by atoms with van der Waals surface area (Å²) in [7, 11) is 0. The van der Waals surface area contributed by atoms with Crippen LogP contribution in [0.3, 0.4) is 0 Å². The quantitative estimate of drug-likeness (QED) is 0.848. The second-order valence-electron chi connectivity index (χ2n) is 4.16. The van der Waals surface area contributed by atoms with Crippen molar-refractivity contribution >= 4 is 29.1 Å². The molecular formula is C11H12Cl2N2O. The summed E-state index contributed by atoms with van der Waals surface area (Å²) in [6.07, 6.45) is 1.19. The van der Waals surface area contributed by atoms with Crippen LogP contribution in [0.15, 0.2) is 12.1 Å². The monoisotopic (exact) mass is 258 g/mol. The fourth-order valence-electron chi connectivity index (χ4n) is 1.58. The molecule has 16 heavy (non-hydrogen) atoms. The molecule has 0 aliphatic heterocycles. The highest BCUT2D eigenvalue weighted by Gasteiger charge is 2.32. The zero-order chi connectivity index (χ0) is 11.7. The number of amides is 1. The lowest BCUT2D eigenvalue weighted by Gasteiger charge is -2.05. The third kappa shape index (κ3) is 2.66. The first kappa shape index (κ1) is 11.7. The normalized spacial score (nSPS) is 22.9. The van der Waals surface area contributed by atoms with Gasteiger partial charge in [-0.05, 0) is 30.4 Å². The highest BCUT2D eigenvalue weighted by atomic mass is 35.5. The Labute approximate surface area is 104 Å². The van der Waals surface area contributed by atoms with Crippen molar-refractivity contribution < 1.29 is 4.79 Å². The van der Waals surface area contributed by atoms with Gasteiger partial charge in [-0.25, -0.2) is 4.98 Å². The van der Waals surface area contributed by atoms with E-state index in [1.165, 1.54) is 6.42 Å². The van der Waals surface area contributed by atoms with Gasteiger partial charge in [0.15, 0.2) is 0 Å². The molecule has 0 bridgehead atoms. The van der Waals surface area contributed by atoms with E-state index in [9.17, 15) is 4.79 Å². The van der Waals surface area contributed by atoms with E-state index in [0.717, 1.165) is 5.92 Å². The van der Waals surface area contributed by atoms with Crippen LogP contribution in [0.5, 0.6) is 0 Å². The minimum atomic E-state index is -0.187. The largest absolute Gasteiger partial charge is 0.352 e. The first-order valence-corrected chi connectivity index (χ1v) is 5.93. The molecule has 5 heteroatoms. The number of nitrogens with one attached hydrogen (secondary N) is 1. The topological polar surface area (TPSA) is 42.0 Å². The zero-order valence-electron chi connectivity index (χ0n) is 8.84. The van der Waals surface area contributed by atoms with Gasteiger partial charge in [0.05, 0.1) is 5.56 Å². The van der Waals surface area contributed by atoms with Gasteiger partial charge in [-0.15, -0.1) is 0 Å². The number of halogens is 2. The summed E-state index contributed by atoms with van der Waals surface area (Å²) < 4.78 is 0. The lowest BCUT2D eigenvalue weighted by molar-refractivity contribution is 0.0951. The molecule has 1 fully saturated rings. The molecule has 0 saturated heterocycles. The van der Waals surface area contributed by atoms with E-state index in [-0.39, 0.29) is 16.2 Å². The van der Waals surface area contributed by atoms with Crippen LogP contribution >= 0.6 is 23.2 Å². The van der Waals surface area contributed by atoms with Crippen molar-refractivity contribution in [2.45, 2.75) is 13.3 Å². The molecule has 1 aromatic heterocycles. The third-order valence-electron chi connectivity index (χ3n) is 2.86. The Morgan fingerprint density at radius 3 is 2.81 bits per heavy atom. The van der Waals surface area contributed by atoms with Crippen LogP contribution in [0.1, 0.15) is 23.7 Å². The van der Waals surface area contributed by atoms with Crippen LogP contribution in [0, 0.1) is 11.8 Å². The molecule has 2 rings (SSSR count). The number of carbonyl (C=O) groups excluding carboxylic acids is 1. The van der Waals surface area contributed by atoms with Gasteiger partial charge in [-0.1, -0.05) is 30.1 Å². The standard InChI is InChI=1S/C11H12Cl2N2O/c1-6-4-7(6)5-14-11(16)8-2-3-9(12)15-10(8)13/h2-3,6-7H,4-5H2,1H3,(H,14,16).